The second kappa shape index (κ2) is 4.97. The number of benzene rings is 1. The van der Waals surface area contributed by atoms with Crippen molar-refractivity contribution in [3.63, 3.8) is 0 Å². The van der Waals surface area contributed by atoms with Crippen LogP contribution in [0, 0.1) is 18.6 Å². The van der Waals surface area contributed by atoms with Crippen LogP contribution in [0.4, 0.5) is 8.78 Å². The molecule has 0 aliphatic rings. The van der Waals surface area contributed by atoms with Crippen LogP contribution in [-0.4, -0.2) is 24.5 Å². The molecular weight excluding hydrogens is 252 g/mol. The average Bonchev–Trinajstić information content (AvgIpc) is 2.74. The Morgan fingerprint density at radius 1 is 1.47 bits per heavy atom. The molecule has 1 aromatic heterocycles. The highest BCUT2D eigenvalue weighted by molar-refractivity contribution is 6.01. The second-order valence-electron chi connectivity index (χ2n) is 4.32. The highest BCUT2D eigenvalue weighted by Gasteiger charge is 2.21. The molecule has 4 N–H and O–H groups in total. The Morgan fingerprint density at radius 2 is 2.16 bits per heavy atom. The Balaban J connectivity index is 2.82. The van der Waals surface area contributed by atoms with E-state index in [9.17, 15) is 13.6 Å². The van der Waals surface area contributed by atoms with Gasteiger partial charge >= 0.3 is 0 Å². The van der Waals surface area contributed by atoms with E-state index in [1.165, 1.54) is 20.0 Å². The summed E-state index contributed by atoms with van der Waals surface area (Å²) >= 11 is 0. The molecule has 6 heteroatoms. The number of H-pyrrole nitrogens is 1. The predicted octanol–water partition coefficient (Wildman–Crippen LogP) is 1.62. The number of amides is 1. The zero-order valence-corrected chi connectivity index (χ0v) is 10.7. The third-order valence-electron chi connectivity index (χ3n) is 3.16. The fourth-order valence-electron chi connectivity index (χ4n) is 2.16. The van der Waals surface area contributed by atoms with E-state index >= 15 is 0 Å². The molecule has 1 heterocycles. The molecule has 0 bridgehead atoms. The highest BCUT2D eigenvalue weighted by atomic mass is 19.1. The summed E-state index contributed by atoms with van der Waals surface area (Å²) in [7, 11) is 1.47. The van der Waals surface area contributed by atoms with Gasteiger partial charge in [0.1, 0.15) is 17.3 Å². The van der Waals surface area contributed by atoms with Gasteiger partial charge in [0.05, 0.1) is 5.52 Å². The van der Waals surface area contributed by atoms with Crippen LogP contribution in [0.1, 0.15) is 21.6 Å². The lowest BCUT2D eigenvalue weighted by atomic mass is 10.0. The van der Waals surface area contributed by atoms with Crippen LogP contribution in [0.2, 0.25) is 0 Å². The monoisotopic (exact) mass is 267 g/mol. The minimum Gasteiger partial charge on any atom is -0.354 e. The van der Waals surface area contributed by atoms with Gasteiger partial charge < -0.3 is 16.0 Å². The van der Waals surface area contributed by atoms with Crippen molar-refractivity contribution in [1.29, 1.82) is 0 Å². The van der Waals surface area contributed by atoms with Crippen LogP contribution in [0.5, 0.6) is 0 Å². The summed E-state index contributed by atoms with van der Waals surface area (Å²) in [5, 5.41) is 2.70. The van der Waals surface area contributed by atoms with Gasteiger partial charge in [-0.2, -0.15) is 0 Å². The van der Waals surface area contributed by atoms with Gasteiger partial charge in [-0.05, 0) is 31.5 Å². The van der Waals surface area contributed by atoms with Gasteiger partial charge in [0.15, 0.2) is 0 Å². The van der Waals surface area contributed by atoms with Crippen LogP contribution < -0.4 is 11.1 Å². The first kappa shape index (κ1) is 13.5. The molecule has 102 valence electrons. The number of carbonyl (C=O) groups excluding carboxylic acids is 1. The standard InChI is InChI=1S/C13H15F2N3O/c1-6-8(14)5-9-10(11(6)15)7(3-4-16)12(18-9)13(19)17-2/h5,18H,3-4,16H2,1-2H3,(H,17,19). The Hall–Kier alpha value is -1.95. The lowest BCUT2D eigenvalue weighted by Crippen LogP contribution is -2.20. The Labute approximate surface area is 109 Å². The molecule has 0 aliphatic carbocycles. The Morgan fingerprint density at radius 3 is 2.74 bits per heavy atom. The summed E-state index contributed by atoms with van der Waals surface area (Å²) in [5.41, 5.74) is 6.41. The molecule has 0 atom stereocenters. The van der Waals surface area contributed by atoms with Crippen LogP contribution >= 0.6 is 0 Å². The fraction of sp³-hybridized carbons (Fsp3) is 0.308. The summed E-state index contributed by atoms with van der Waals surface area (Å²) in [4.78, 5) is 14.5. The number of halogens is 2. The average molecular weight is 267 g/mol. The van der Waals surface area contributed by atoms with E-state index in [0.29, 0.717) is 12.0 Å². The lowest BCUT2D eigenvalue weighted by Gasteiger charge is -2.04. The maximum Gasteiger partial charge on any atom is 0.267 e. The molecule has 1 amide bonds. The number of nitrogens with one attached hydrogen (secondary N) is 2. The van der Waals surface area contributed by atoms with Crippen molar-refractivity contribution in [3.8, 4) is 0 Å². The lowest BCUT2D eigenvalue weighted by molar-refractivity contribution is 0.0958. The molecule has 0 radical (unpaired) electrons. The predicted molar refractivity (Wildman–Crippen MR) is 69.1 cm³/mol. The number of hydrogen-bond acceptors (Lipinski definition) is 2. The van der Waals surface area contributed by atoms with Crippen molar-refractivity contribution in [1.82, 2.24) is 10.3 Å². The molecule has 0 aliphatic heterocycles. The van der Waals surface area contributed by atoms with Crippen molar-refractivity contribution in [2.45, 2.75) is 13.3 Å². The number of rotatable bonds is 3. The van der Waals surface area contributed by atoms with E-state index in [-0.39, 0.29) is 34.6 Å². The van der Waals surface area contributed by atoms with Crippen molar-refractivity contribution >= 4 is 16.8 Å². The molecule has 0 saturated carbocycles. The molecule has 0 spiro atoms. The highest BCUT2D eigenvalue weighted by Crippen LogP contribution is 2.29. The van der Waals surface area contributed by atoms with Crippen LogP contribution in [0.15, 0.2) is 6.07 Å². The first-order valence-corrected chi connectivity index (χ1v) is 5.92. The van der Waals surface area contributed by atoms with Gasteiger partial charge in [-0.25, -0.2) is 8.78 Å². The normalized spacial score (nSPS) is 11.0. The van der Waals surface area contributed by atoms with E-state index in [1.54, 1.807) is 0 Å². The summed E-state index contributed by atoms with van der Waals surface area (Å²) < 4.78 is 27.7. The van der Waals surface area contributed by atoms with Gasteiger partial charge in [-0.3, -0.25) is 4.79 Å². The molecule has 0 fully saturated rings. The number of hydrogen-bond donors (Lipinski definition) is 3. The van der Waals surface area contributed by atoms with E-state index in [0.717, 1.165) is 0 Å². The zero-order chi connectivity index (χ0) is 14.2. The number of fused-ring (bicyclic) bond motifs is 1. The number of carbonyl (C=O) groups is 1. The third-order valence-corrected chi connectivity index (χ3v) is 3.16. The van der Waals surface area contributed by atoms with Gasteiger partial charge in [0.2, 0.25) is 0 Å². The summed E-state index contributed by atoms with van der Waals surface area (Å²) in [6.07, 6.45) is 0.338. The molecule has 1 aromatic carbocycles. The molecule has 19 heavy (non-hydrogen) atoms. The van der Waals surface area contributed by atoms with E-state index in [4.69, 9.17) is 5.73 Å². The largest absolute Gasteiger partial charge is 0.354 e. The first-order valence-electron chi connectivity index (χ1n) is 5.92. The quantitative estimate of drug-likeness (QED) is 0.790. The minimum absolute atomic E-state index is 0.0618. The first-order chi connectivity index (χ1) is 9.01. The van der Waals surface area contributed by atoms with Crippen molar-refractivity contribution < 1.29 is 13.6 Å². The van der Waals surface area contributed by atoms with Crippen molar-refractivity contribution in [2.24, 2.45) is 5.73 Å². The summed E-state index contributed by atoms with van der Waals surface area (Å²) in [5.74, 6) is -1.67. The summed E-state index contributed by atoms with van der Waals surface area (Å²) in [6, 6.07) is 1.19. The zero-order valence-electron chi connectivity index (χ0n) is 10.7. The van der Waals surface area contributed by atoms with Crippen molar-refractivity contribution in [3.05, 3.63) is 34.5 Å². The smallest absolute Gasteiger partial charge is 0.267 e. The van der Waals surface area contributed by atoms with Gasteiger partial charge in [-0.1, -0.05) is 0 Å². The third kappa shape index (κ3) is 2.08. The Kier molecular flexibility index (Phi) is 3.53. The van der Waals surface area contributed by atoms with Gasteiger partial charge in [0.25, 0.3) is 5.91 Å². The minimum atomic E-state index is -0.648. The molecule has 0 unspecified atom stereocenters. The second-order valence-corrected chi connectivity index (χ2v) is 4.32. The van der Waals surface area contributed by atoms with Gasteiger partial charge in [0, 0.05) is 18.0 Å². The van der Waals surface area contributed by atoms with Gasteiger partial charge in [-0.15, -0.1) is 0 Å². The Bertz CT molecular complexity index is 649. The van der Waals surface area contributed by atoms with E-state index in [1.807, 2.05) is 0 Å². The molecule has 0 saturated heterocycles. The SMILES string of the molecule is CNC(=O)c1[nH]c2cc(F)c(C)c(F)c2c1CCN. The van der Waals surface area contributed by atoms with Crippen LogP contribution in [0.3, 0.4) is 0 Å². The topological polar surface area (TPSA) is 70.9 Å². The molecule has 2 rings (SSSR count). The summed E-state index contributed by atoms with van der Waals surface area (Å²) in [6.45, 7) is 1.63. The van der Waals surface area contributed by atoms with E-state index in [2.05, 4.69) is 10.3 Å². The number of aromatic nitrogens is 1. The number of aromatic amines is 1. The van der Waals surface area contributed by atoms with E-state index < -0.39 is 11.6 Å². The van der Waals surface area contributed by atoms with Crippen molar-refractivity contribution in [2.75, 3.05) is 13.6 Å². The maximum absolute atomic E-state index is 14.2. The van der Waals surface area contributed by atoms with Crippen LogP contribution in [-0.2, 0) is 6.42 Å². The number of nitrogens with two attached hydrogens (primary N) is 1. The fourth-order valence-corrected chi connectivity index (χ4v) is 2.16. The molecule has 4 nitrogen and oxygen atoms in total. The molecule has 2 aromatic rings. The molecular formula is C13H15F2N3O. The van der Waals surface area contributed by atoms with Crippen LogP contribution in [0.25, 0.3) is 10.9 Å². The maximum atomic E-state index is 14.2.